The molecule has 3 aromatic rings. The van der Waals surface area contributed by atoms with Crippen molar-refractivity contribution >= 4 is 39.4 Å². The zero-order valence-corrected chi connectivity index (χ0v) is 18.4. The number of ketones is 1. The molecular formula is C25H22BrNO3. The fraction of sp³-hybridized carbons (Fsp3) is 0.120. The molecule has 0 aliphatic carbocycles. The molecule has 4 nitrogen and oxygen atoms in total. The Kier molecular flexibility index (Phi) is 7.20. The standard InChI is InChI=1S/C25H22BrNO3/c1-17-4-3-5-18(2)25(17)30-16-24(29)27-22-13-6-19(7-14-22)8-15-23(28)20-9-11-21(26)12-10-20/h3-15H,16H2,1-2H3,(H,27,29). The lowest BCUT2D eigenvalue weighted by Crippen LogP contribution is -2.20. The summed E-state index contributed by atoms with van der Waals surface area (Å²) in [5.41, 5.74) is 4.15. The molecule has 0 unspecified atom stereocenters. The fourth-order valence-electron chi connectivity index (χ4n) is 2.92. The van der Waals surface area contributed by atoms with Crippen LogP contribution in [0.4, 0.5) is 5.69 Å². The summed E-state index contributed by atoms with van der Waals surface area (Å²) in [5.74, 6) is 0.443. The smallest absolute Gasteiger partial charge is 0.262 e. The van der Waals surface area contributed by atoms with Crippen LogP contribution in [0.2, 0.25) is 0 Å². The molecule has 30 heavy (non-hydrogen) atoms. The minimum Gasteiger partial charge on any atom is -0.483 e. The molecule has 0 saturated carbocycles. The number of amides is 1. The van der Waals surface area contributed by atoms with Crippen LogP contribution in [0.1, 0.15) is 27.0 Å². The second-order valence-corrected chi connectivity index (χ2v) is 7.80. The van der Waals surface area contributed by atoms with Crippen molar-refractivity contribution in [3.63, 3.8) is 0 Å². The zero-order chi connectivity index (χ0) is 21.5. The Morgan fingerprint density at radius 2 is 1.57 bits per heavy atom. The summed E-state index contributed by atoms with van der Waals surface area (Å²) >= 11 is 3.35. The van der Waals surface area contributed by atoms with Crippen molar-refractivity contribution in [2.24, 2.45) is 0 Å². The van der Waals surface area contributed by atoms with Gasteiger partial charge in [-0.2, -0.15) is 0 Å². The third-order valence-corrected chi connectivity index (χ3v) is 5.04. The highest BCUT2D eigenvalue weighted by Crippen LogP contribution is 2.22. The van der Waals surface area contributed by atoms with Gasteiger partial charge in [-0.1, -0.05) is 52.3 Å². The molecule has 5 heteroatoms. The Bertz CT molecular complexity index is 1050. The Labute approximate surface area is 184 Å². The number of allylic oxidation sites excluding steroid dienone is 1. The maximum Gasteiger partial charge on any atom is 0.262 e. The van der Waals surface area contributed by atoms with Crippen LogP contribution in [-0.2, 0) is 4.79 Å². The molecule has 3 rings (SSSR count). The quantitative estimate of drug-likeness (QED) is 0.346. The van der Waals surface area contributed by atoms with E-state index in [1.54, 1.807) is 30.3 Å². The molecule has 3 aromatic carbocycles. The minimum atomic E-state index is -0.230. The van der Waals surface area contributed by atoms with Gasteiger partial charge in [-0.15, -0.1) is 0 Å². The van der Waals surface area contributed by atoms with Gasteiger partial charge in [-0.25, -0.2) is 0 Å². The Morgan fingerprint density at radius 1 is 0.933 bits per heavy atom. The largest absolute Gasteiger partial charge is 0.483 e. The van der Waals surface area contributed by atoms with Crippen molar-refractivity contribution in [3.8, 4) is 5.75 Å². The highest BCUT2D eigenvalue weighted by atomic mass is 79.9. The first-order valence-corrected chi connectivity index (χ1v) is 10.3. The van der Waals surface area contributed by atoms with Crippen molar-refractivity contribution in [1.29, 1.82) is 0 Å². The van der Waals surface area contributed by atoms with E-state index in [1.165, 1.54) is 6.08 Å². The Morgan fingerprint density at radius 3 is 2.20 bits per heavy atom. The molecule has 0 heterocycles. The Hall–Kier alpha value is -3.18. The first-order valence-electron chi connectivity index (χ1n) is 9.49. The van der Waals surface area contributed by atoms with E-state index in [1.807, 2.05) is 56.3 Å². The van der Waals surface area contributed by atoms with Crippen LogP contribution >= 0.6 is 15.9 Å². The predicted molar refractivity (Wildman–Crippen MR) is 124 cm³/mol. The van der Waals surface area contributed by atoms with E-state index >= 15 is 0 Å². The summed E-state index contributed by atoms with van der Waals surface area (Å²) in [6.07, 6.45) is 3.29. The number of para-hydroxylation sites is 1. The van der Waals surface area contributed by atoms with E-state index in [-0.39, 0.29) is 18.3 Å². The molecule has 0 fully saturated rings. The van der Waals surface area contributed by atoms with Gasteiger partial charge in [0.15, 0.2) is 12.4 Å². The van der Waals surface area contributed by atoms with Crippen LogP contribution in [0.3, 0.4) is 0 Å². The average molecular weight is 464 g/mol. The van der Waals surface area contributed by atoms with Gasteiger partial charge in [0.25, 0.3) is 5.91 Å². The molecule has 0 aromatic heterocycles. The summed E-state index contributed by atoms with van der Waals surface area (Å²) < 4.78 is 6.61. The lowest BCUT2D eigenvalue weighted by atomic mass is 10.1. The predicted octanol–water partition coefficient (Wildman–Crippen LogP) is 5.98. The molecule has 0 aliphatic heterocycles. The molecule has 152 valence electrons. The number of rotatable bonds is 7. The number of halogens is 1. The summed E-state index contributed by atoms with van der Waals surface area (Å²) in [5, 5.41) is 2.81. The number of hydrogen-bond donors (Lipinski definition) is 1. The topological polar surface area (TPSA) is 55.4 Å². The number of anilines is 1. The van der Waals surface area contributed by atoms with E-state index < -0.39 is 0 Å². The van der Waals surface area contributed by atoms with Gasteiger partial charge in [0, 0.05) is 15.7 Å². The molecule has 0 spiro atoms. The fourth-order valence-corrected chi connectivity index (χ4v) is 3.19. The van der Waals surface area contributed by atoms with Crippen LogP contribution < -0.4 is 10.1 Å². The third-order valence-electron chi connectivity index (χ3n) is 4.51. The summed E-state index contributed by atoms with van der Waals surface area (Å²) in [6, 6.07) is 20.3. The minimum absolute atomic E-state index is 0.0605. The molecule has 0 bridgehead atoms. The summed E-state index contributed by atoms with van der Waals surface area (Å²) in [4.78, 5) is 24.4. The van der Waals surface area contributed by atoms with Crippen LogP contribution in [-0.4, -0.2) is 18.3 Å². The van der Waals surface area contributed by atoms with Gasteiger partial charge in [0.05, 0.1) is 0 Å². The van der Waals surface area contributed by atoms with Crippen molar-refractivity contribution in [3.05, 3.63) is 99.5 Å². The normalized spacial score (nSPS) is 10.8. The molecule has 1 amide bonds. The average Bonchev–Trinajstić information content (AvgIpc) is 2.73. The highest BCUT2D eigenvalue weighted by molar-refractivity contribution is 9.10. The second kappa shape index (κ2) is 10.0. The zero-order valence-electron chi connectivity index (χ0n) is 16.8. The third kappa shape index (κ3) is 5.91. The number of carbonyl (C=O) groups is 2. The second-order valence-electron chi connectivity index (χ2n) is 6.88. The van der Waals surface area contributed by atoms with Crippen LogP contribution in [0.5, 0.6) is 5.75 Å². The summed E-state index contributed by atoms with van der Waals surface area (Å²) in [6.45, 7) is 3.84. The van der Waals surface area contributed by atoms with Gasteiger partial charge in [-0.05, 0) is 73.0 Å². The number of nitrogens with one attached hydrogen (secondary N) is 1. The highest BCUT2D eigenvalue weighted by Gasteiger charge is 2.08. The molecular weight excluding hydrogens is 442 g/mol. The van der Waals surface area contributed by atoms with Crippen LogP contribution in [0, 0.1) is 13.8 Å². The van der Waals surface area contributed by atoms with E-state index in [0.29, 0.717) is 11.3 Å². The molecule has 0 saturated heterocycles. The first-order chi connectivity index (χ1) is 14.4. The number of aryl methyl sites for hydroxylation is 2. The van der Waals surface area contributed by atoms with E-state index in [0.717, 1.165) is 26.9 Å². The number of benzene rings is 3. The van der Waals surface area contributed by atoms with Gasteiger partial charge >= 0.3 is 0 Å². The van der Waals surface area contributed by atoms with Crippen molar-refractivity contribution in [2.75, 3.05) is 11.9 Å². The van der Waals surface area contributed by atoms with Crippen molar-refractivity contribution in [1.82, 2.24) is 0 Å². The monoisotopic (exact) mass is 463 g/mol. The van der Waals surface area contributed by atoms with E-state index in [4.69, 9.17) is 4.74 Å². The maximum atomic E-state index is 12.2. The number of ether oxygens (including phenoxy) is 1. The van der Waals surface area contributed by atoms with E-state index in [9.17, 15) is 9.59 Å². The lowest BCUT2D eigenvalue weighted by Gasteiger charge is -2.12. The van der Waals surface area contributed by atoms with Gasteiger partial charge in [0.1, 0.15) is 5.75 Å². The van der Waals surface area contributed by atoms with Crippen LogP contribution in [0.15, 0.2) is 77.3 Å². The molecule has 0 radical (unpaired) electrons. The number of hydrogen-bond acceptors (Lipinski definition) is 3. The van der Waals surface area contributed by atoms with Crippen molar-refractivity contribution < 1.29 is 14.3 Å². The Balaban J connectivity index is 1.54. The van der Waals surface area contributed by atoms with Gasteiger partial charge in [0.2, 0.25) is 0 Å². The summed E-state index contributed by atoms with van der Waals surface area (Å²) in [7, 11) is 0. The van der Waals surface area contributed by atoms with E-state index in [2.05, 4.69) is 21.2 Å². The lowest BCUT2D eigenvalue weighted by molar-refractivity contribution is -0.118. The van der Waals surface area contributed by atoms with Gasteiger partial charge < -0.3 is 10.1 Å². The molecule has 0 atom stereocenters. The first kappa shape index (κ1) is 21.5. The van der Waals surface area contributed by atoms with Crippen molar-refractivity contribution in [2.45, 2.75) is 13.8 Å². The SMILES string of the molecule is Cc1cccc(C)c1OCC(=O)Nc1ccc(C=CC(=O)c2ccc(Br)cc2)cc1. The van der Waals surface area contributed by atoms with Crippen LogP contribution in [0.25, 0.3) is 6.08 Å². The molecule has 0 aliphatic rings. The maximum absolute atomic E-state index is 12.2. The molecule has 1 N–H and O–H groups in total. The van der Waals surface area contributed by atoms with Gasteiger partial charge in [-0.3, -0.25) is 9.59 Å². The number of carbonyl (C=O) groups excluding carboxylic acids is 2.